The van der Waals surface area contributed by atoms with E-state index >= 15 is 0 Å². The molecule has 6 nitrogen and oxygen atoms in total. The standard InChI is InChI=1S/C24H35ClN4O2/c1-5-6-13-19(30)29-22-21(17-11-7-8-12-18(17)28-23(22)25)27-15-10-9-14-26-20(31)16-24(2,3)4/h7-8,11-12H,5-6,9-10,13-16H2,1-4H3,(H,26,31)(H,27,28)(H,29,30). The Bertz CT molecular complexity index is 893. The molecule has 7 heteroatoms. The van der Waals surface area contributed by atoms with Gasteiger partial charge in [-0.2, -0.15) is 0 Å². The average molecular weight is 447 g/mol. The zero-order valence-corrected chi connectivity index (χ0v) is 19.9. The number of hydrogen-bond acceptors (Lipinski definition) is 4. The second-order valence-electron chi connectivity index (χ2n) is 9.04. The van der Waals surface area contributed by atoms with E-state index in [1.165, 1.54) is 0 Å². The molecule has 0 unspecified atom stereocenters. The number of nitrogens with zero attached hydrogens (tertiary/aromatic N) is 1. The Morgan fingerprint density at radius 2 is 1.71 bits per heavy atom. The Kier molecular flexibility index (Phi) is 9.56. The number of aromatic nitrogens is 1. The second kappa shape index (κ2) is 11.9. The van der Waals surface area contributed by atoms with Crippen molar-refractivity contribution in [2.45, 2.75) is 66.2 Å². The zero-order valence-electron chi connectivity index (χ0n) is 19.1. The fourth-order valence-corrected chi connectivity index (χ4v) is 3.49. The van der Waals surface area contributed by atoms with Crippen molar-refractivity contribution in [3.05, 3.63) is 29.4 Å². The van der Waals surface area contributed by atoms with Crippen molar-refractivity contribution in [3.63, 3.8) is 0 Å². The van der Waals surface area contributed by atoms with Crippen LogP contribution in [0.15, 0.2) is 24.3 Å². The number of rotatable bonds is 11. The highest BCUT2D eigenvalue weighted by Crippen LogP contribution is 2.36. The molecule has 170 valence electrons. The summed E-state index contributed by atoms with van der Waals surface area (Å²) in [6.45, 7) is 9.56. The normalized spacial score (nSPS) is 11.4. The van der Waals surface area contributed by atoms with Crippen LogP contribution in [0.1, 0.15) is 66.2 Å². The molecule has 2 amide bonds. The summed E-state index contributed by atoms with van der Waals surface area (Å²) in [6.07, 6.45) is 4.48. The number of benzene rings is 1. The lowest BCUT2D eigenvalue weighted by Gasteiger charge is -2.18. The highest BCUT2D eigenvalue weighted by atomic mass is 35.5. The van der Waals surface area contributed by atoms with Gasteiger partial charge < -0.3 is 16.0 Å². The van der Waals surface area contributed by atoms with E-state index in [1.54, 1.807) is 0 Å². The molecule has 2 rings (SSSR count). The summed E-state index contributed by atoms with van der Waals surface area (Å²) in [4.78, 5) is 28.7. The van der Waals surface area contributed by atoms with Gasteiger partial charge in [-0.15, -0.1) is 0 Å². The van der Waals surface area contributed by atoms with E-state index in [2.05, 4.69) is 48.6 Å². The van der Waals surface area contributed by atoms with Gasteiger partial charge in [-0.25, -0.2) is 4.98 Å². The SMILES string of the molecule is CCCCC(=O)Nc1c(Cl)nc2ccccc2c1NCCCCNC(=O)CC(C)(C)C. The molecule has 0 fully saturated rings. The van der Waals surface area contributed by atoms with Crippen LogP contribution in [0.2, 0.25) is 5.15 Å². The van der Waals surface area contributed by atoms with Gasteiger partial charge in [0.15, 0.2) is 5.15 Å². The third-order valence-corrected chi connectivity index (χ3v) is 5.06. The third kappa shape index (κ3) is 8.37. The molecule has 1 heterocycles. The first kappa shape index (κ1) is 24.9. The first-order chi connectivity index (χ1) is 14.7. The molecule has 0 aliphatic carbocycles. The van der Waals surface area contributed by atoms with E-state index in [0.717, 1.165) is 42.3 Å². The van der Waals surface area contributed by atoms with Crippen LogP contribution in [0.3, 0.4) is 0 Å². The van der Waals surface area contributed by atoms with Crippen LogP contribution >= 0.6 is 11.6 Å². The molecule has 1 aromatic heterocycles. The lowest BCUT2D eigenvalue weighted by atomic mass is 9.92. The highest BCUT2D eigenvalue weighted by molar-refractivity contribution is 6.34. The minimum atomic E-state index is -0.0644. The molecule has 1 aromatic carbocycles. The number of hydrogen-bond donors (Lipinski definition) is 3. The number of halogens is 1. The van der Waals surface area contributed by atoms with Gasteiger partial charge in [-0.1, -0.05) is 63.9 Å². The van der Waals surface area contributed by atoms with Crippen LogP contribution in [-0.2, 0) is 9.59 Å². The summed E-state index contributed by atoms with van der Waals surface area (Å²) < 4.78 is 0. The number of nitrogens with one attached hydrogen (secondary N) is 3. The van der Waals surface area contributed by atoms with Crippen molar-refractivity contribution in [1.29, 1.82) is 0 Å². The molecular weight excluding hydrogens is 412 g/mol. The molecule has 0 aliphatic heterocycles. The zero-order chi connectivity index (χ0) is 22.9. The molecule has 0 aliphatic rings. The Morgan fingerprint density at radius 3 is 2.42 bits per heavy atom. The maximum absolute atomic E-state index is 12.3. The molecule has 0 atom stereocenters. The number of carbonyl (C=O) groups is 2. The number of anilines is 2. The van der Waals surface area contributed by atoms with Crippen LogP contribution in [-0.4, -0.2) is 29.9 Å². The predicted molar refractivity (Wildman–Crippen MR) is 130 cm³/mol. The van der Waals surface area contributed by atoms with E-state index in [1.807, 2.05) is 24.3 Å². The van der Waals surface area contributed by atoms with Crippen LogP contribution in [0.25, 0.3) is 10.9 Å². The molecule has 0 spiro atoms. The quantitative estimate of drug-likeness (QED) is 0.302. The Hall–Kier alpha value is -2.34. The minimum Gasteiger partial charge on any atom is -0.383 e. The Morgan fingerprint density at radius 1 is 1.00 bits per heavy atom. The van der Waals surface area contributed by atoms with Crippen molar-refractivity contribution >= 4 is 45.7 Å². The largest absolute Gasteiger partial charge is 0.383 e. The smallest absolute Gasteiger partial charge is 0.224 e. The van der Waals surface area contributed by atoms with Gasteiger partial charge >= 0.3 is 0 Å². The summed E-state index contributed by atoms with van der Waals surface area (Å²) in [5.74, 6) is 0.0230. The van der Waals surface area contributed by atoms with Crippen LogP contribution in [0, 0.1) is 5.41 Å². The molecule has 0 bridgehead atoms. The maximum Gasteiger partial charge on any atom is 0.224 e. The third-order valence-electron chi connectivity index (χ3n) is 4.79. The van der Waals surface area contributed by atoms with Gasteiger partial charge in [0.25, 0.3) is 0 Å². The van der Waals surface area contributed by atoms with Crippen LogP contribution in [0.4, 0.5) is 11.4 Å². The average Bonchev–Trinajstić information content (AvgIpc) is 2.69. The van der Waals surface area contributed by atoms with Gasteiger partial charge in [-0.3, -0.25) is 9.59 Å². The Balaban J connectivity index is 2.00. The number of fused-ring (bicyclic) bond motifs is 1. The molecule has 0 radical (unpaired) electrons. The van der Waals surface area contributed by atoms with Gasteiger partial charge in [0.2, 0.25) is 11.8 Å². The van der Waals surface area contributed by atoms with Gasteiger partial charge in [0.1, 0.15) is 5.69 Å². The summed E-state index contributed by atoms with van der Waals surface area (Å²) in [7, 11) is 0. The van der Waals surface area contributed by atoms with Crippen molar-refractivity contribution in [2.75, 3.05) is 23.7 Å². The molecule has 0 saturated carbocycles. The fraction of sp³-hybridized carbons (Fsp3) is 0.542. The number of unbranched alkanes of at least 4 members (excludes halogenated alkanes) is 2. The summed E-state index contributed by atoms with van der Waals surface area (Å²) in [6, 6.07) is 7.72. The lowest BCUT2D eigenvalue weighted by Crippen LogP contribution is -2.28. The first-order valence-electron chi connectivity index (χ1n) is 11.1. The van der Waals surface area contributed by atoms with E-state index < -0.39 is 0 Å². The number of amides is 2. The second-order valence-corrected chi connectivity index (χ2v) is 9.40. The van der Waals surface area contributed by atoms with E-state index in [9.17, 15) is 9.59 Å². The van der Waals surface area contributed by atoms with Crippen LogP contribution in [0.5, 0.6) is 0 Å². The fourth-order valence-electron chi connectivity index (χ4n) is 3.25. The Labute approximate surface area is 190 Å². The maximum atomic E-state index is 12.3. The van der Waals surface area contributed by atoms with Crippen molar-refractivity contribution in [3.8, 4) is 0 Å². The molecule has 3 N–H and O–H groups in total. The topological polar surface area (TPSA) is 83.1 Å². The number of para-hydroxylation sites is 1. The molecule has 0 saturated heterocycles. The molecule has 31 heavy (non-hydrogen) atoms. The highest BCUT2D eigenvalue weighted by Gasteiger charge is 2.17. The first-order valence-corrected chi connectivity index (χ1v) is 11.5. The van der Waals surface area contributed by atoms with E-state index in [0.29, 0.717) is 31.6 Å². The summed E-state index contributed by atoms with van der Waals surface area (Å²) >= 11 is 6.42. The monoisotopic (exact) mass is 446 g/mol. The number of carbonyl (C=O) groups excluding carboxylic acids is 2. The van der Waals surface area contributed by atoms with Gasteiger partial charge in [-0.05, 0) is 30.7 Å². The van der Waals surface area contributed by atoms with Crippen molar-refractivity contribution in [2.24, 2.45) is 5.41 Å². The molecular formula is C24H35ClN4O2. The number of pyridine rings is 1. The van der Waals surface area contributed by atoms with Crippen molar-refractivity contribution in [1.82, 2.24) is 10.3 Å². The van der Waals surface area contributed by atoms with Crippen LogP contribution < -0.4 is 16.0 Å². The van der Waals surface area contributed by atoms with Gasteiger partial charge in [0.05, 0.1) is 11.2 Å². The summed E-state index contributed by atoms with van der Waals surface area (Å²) in [5, 5.41) is 10.5. The van der Waals surface area contributed by atoms with E-state index in [-0.39, 0.29) is 22.4 Å². The molecule has 2 aromatic rings. The summed E-state index contributed by atoms with van der Waals surface area (Å²) in [5.41, 5.74) is 2.08. The van der Waals surface area contributed by atoms with Crippen molar-refractivity contribution < 1.29 is 9.59 Å². The predicted octanol–water partition coefficient (Wildman–Crippen LogP) is 5.76. The minimum absolute atomic E-state index is 0.00866. The van der Waals surface area contributed by atoms with E-state index in [4.69, 9.17) is 11.6 Å². The van der Waals surface area contributed by atoms with Gasteiger partial charge in [0, 0.05) is 31.3 Å². The lowest BCUT2D eigenvalue weighted by molar-refractivity contribution is -0.122.